The predicted octanol–water partition coefficient (Wildman–Crippen LogP) is 1.96. The van der Waals surface area contributed by atoms with E-state index < -0.39 is 31.5 Å². The molecule has 4 rings (SSSR count). The van der Waals surface area contributed by atoms with Crippen LogP contribution in [0, 0.1) is 0 Å². The van der Waals surface area contributed by atoms with Crippen molar-refractivity contribution < 1.29 is 29.2 Å². The van der Waals surface area contributed by atoms with Crippen LogP contribution in [0.5, 0.6) is 0 Å². The van der Waals surface area contributed by atoms with Gasteiger partial charge in [-0.05, 0) is 29.8 Å². The average molecular weight is 458 g/mol. The van der Waals surface area contributed by atoms with Gasteiger partial charge in [-0.3, -0.25) is 9.36 Å². The molecule has 4 N–H and O–H groups in total. The number of hydrogen-bond acceptors (Lipinski definition) is 4. The number of nitrogens with zero attached hydrogens (tertiary/aromatic N) is 2. The lowest BCUT2D eigenvalue weighted by Crippen LogP contribution is -2.42. The van der Waals surface area contributed by atoms with Crippen LogP contribution in [-0.2, 0) is 15.8 Å². The first-order valence-electron chi connectivity index (χ1n) is 10.1. The molecule has 1 amide bonds. The van der Waals surface area contributed by atoms with E-state index in [1.165, 1.54) is 24.3 Å². The van der Waals surface area contributed by atoms with Gasteiger partial charge in [0.05, 0.1) is 11.1 Å². The summed E-state index contributed by atoms with van der Waals surface area (Å²) in [6.45, 7) is 3.08. The lowest BCUT2D eigenvalue weighted by molar-refractivity contribution is -0.139. The highest BCUT2D eigenvalue weighted by Gasteiger charge is 2.48. The Morgan fingerprint density at radius 1 is 0.938 bits per heavy atom. The van der Waals surface area contributed by atoms with Crippen molar-refractivity contribution in [1.29, 1.82) is 0 Å². The van der Waals surface area contributed by atoms with E-state index in [9.17, 15) is 29.2 Å². The van der Waals surface area contributed by atoms with Gasteiger partial charge in [0.1, 0.15) is 6.04 Å². The van der Waals surface area contributed by atoms with E-state index in [-0.39, 0.29) is 17.5 Å². The van der Waals surface area contributed by atoms with Crippen LogP contribution in [0.25, 0.3) is 0 Å². The largest absolute Gasteiger partial charge is 0.480 e. The Hall–Kier alpha value is -3.20. The quantitative estimate of drug-likeness (QED) is 0.311. The van der Waals surface area contributed by atoms with Crippen LogP contribution in [0.4, 0.5) is 5.69 Å². The first-order valence-corrected chi connectivity index (χ1v) is 11.7. The van der Waals surface area contributed by atoms with Crippen molar-refractivity contribution >= 4 is 31.1 Å². The minimum atomic E-state index is -2.84. The van der Waals surface area contributed by atoms with Crippen LogP contribution < -0.4 is 10.4 Å². The SMILES string of the molecule is O=C(O)c1ccccc1C(=O)N[C@H](Cc1cccc(NP(=O)(N2CC2)N2CC2)c1)C(=O)O. The van der Waals surface area contributed by atoms with Gasteiger partial charge in [0.2, 0.25) is 0 Å². The Morgan fingerprint density at radius 3 is 2.12 bits per heavy atom. The number of aromatic carboxylic acids is 1. The number of carbonyl (C=O) groups excluding carboxylic acids is 1. The summed E-state index contributed by atoms with van der Waals surface area (Å²) in [4.78, 5) is 35.7. The fraction of sp³-hybridized carbons (Fsp3) is 0.286. The zero-order chi connectivity index (χ0) is 22.9. The van der Waals surface area contributed by atoms with Crippen molar-refractivity contribution in [3.8, 4) is 0 Å². The number of benzene rings is 2. The number of amides is 1. The van der Waals surface area contributed by atoms with Gasteiger partial charge in [-0.15, -0.1) is 0 Å². The number of aliphatic carboxylic acids is 1. The Balaban J connectivity index is 1.48. The molecule has 0 radical (unpaired) electrons. The number of carboxylic acids is 2. The van der Waals surface area contributed by atoms with Crippen molar-refractivity contribution in [2.75, 3.05) is 31.3 Å². The molecule has 0 spiro atoms. The summed E-state index contributed by atoms with van der Waals surface area (Å²) in [7, 11) is -2.84. The van der Waals surface area contributed by atoms with Gasteiger partial charge < -0.3 is 20.6 Å². The Morgan fingerprint density at radius 2 is 1.56 bits per heavy atom. The van der Waals surface area contributed by atoms with Gasteiger partial charge in [0.15, 0.2) is 0 Å². The highest BCUT2D eigenvalue weighted by molar-refractivity contribution is 7.61. The van der Waals surface area contributed by atoms with E-state index >= 15 is 0 Å². The summed E-state index contributed by atoms with van der Waals surface area (Å²) in [5.41, 5.74) is 0.912. The second-order valence-electron chi connectivity index (χ2n) is 7.68. The molecule has 2 saturated heterocycles. The minimum Gasteiger partial charge on any atom is -0.480 e. The molecule has 2 fully saturated rings. The number of anilines is 1. The van der Waals surface area contributed by atoms with E-state index in [0.29, 0.717) is 11.3 Å². The molecule has 168 valence electrons. The highest BCUT2D eigenvalue weighted by atomic mass is 31.2. The highest BCUT2D eigenvalue weighted by Crippen LogP contribution is 2.59. The lowest BCUT2D eigenvalue weighted by Gasteiger charge is -2.22. The second kappa shape index (κ2) is 8.74. The summed E-state index contributed by atoms with van der Waals surface area (Å²) in [5.74, 6) is -3.30. The maximum Gasteiger partial charge on any atom is 0.336 e. The van der Waals surface area contributed by atoms with Crippen molar-refractivity contribution in [1.82, 2.24) is 14.7 Å². The molecule has 10 nitrogen and oxygen atoms in total. The van der Waals surface area contributed by atoms with Crippen LogP contribution in [0.15, 0.2) is 48.5 Å². The number of hydrogen-bond donors (Lipinski definition) is 4. The monoisotopic (exact) mass is 458 g/mol. The molecule has 1 atom stereocenters. The van der Waals surface area contributed by atoms with Crippen LogP contribution in [-0.4, -0.2) is 69.6 Å². The van der Waals surface area contributed by atoms with E-state index in [1.807, 2.05) is 9.34 Å². The second-order valence-corrected chi connectivity index (χ2v) is 10.1. The zero-order valence-corrected chi connectivity index (χ0v) is 18.0. The third-order valence-corrected chi connectivity index (χ3v) is 8.14. The van der Waals surface area contributed by atoms with E-state index in [1.54, 1.807) is 24.3 Å². The van der Waals surface area contributed by atoms with Crippen molar-refractivity contribution in [2.24, 2.45) is 0 Å². The summed E-state index contributed by atoms with van der Waals surface area (Å²) >= 11 is 0. The maximum absolute atomic E-state index is 13.3. The van der Waals surface area contributed by atoms with Crippen LogP contribution in [0.3, 0.4) is 0 Å². The lowest BCUT2D eigenvalue weighted by atomic mass is 10.0. The zero-order valence-electron chi connectivity index (χ0n) is 17.1. The topological polar surface area (TPSA) is 139 Å². The average Bonchev–Trinajstić information content (AvgIpc) is 3.65. The number of carbonyl (C=O) groups is 3. The molecule has 11 heteroatoms. The van der Waals surface area contributed by atoms with Gasteiger partial charge in [0.25, 0.3) is 5.91 Å². The van der Waals surface area contributed by atoms with Crippen LogP contribution in [0.1, 0.15) is 26.3 Å². The van der Waals surface area contributed by atoms with E-state index in [2.05, 4.69) is 10.4 Å². The molecule has 32 heavy (non-hydrogen) atoms. The van der Waals surface area contributed by atoms with E-state index in [0.717, 1.165) is 26.2 Å². The van der Waals surface area contributed by atoms with Crippen molar-refractivity contribution in [3.63, 3.8) is 0 Å². The molecule has 0 aliphatic carbocycles. The summed E-state index contributed by atoms with van der Waals surface area (Å²) in [6, 6.07) is 11.3. The third kappa shape index (κ3) is 4.83. The summed E-state index contributed by atoms with van der Waals surface area (Å²) in [6.07, 6.45) is -0.0242. The van der Waals surface area contributed by atoms with Gasteiger partial charge in [-0.1, -0.05) is 24.3 Å². The minimum absolute atomic E-state index is 0.0242. The smallest absolute Gasteiger partial charge is 0.336 e. The molecule has 0 unspecified atom stereocenters. The molecule has 2 heterocycles. The van der Waals surface area contributed by atoms with Gasteiger partial charge >= 0.3 is 19.5 Å². The molecule has 2 aliphatic rings. The Kier molecular flexibility index (Phi) is 6.01. The fourth-order valence-corrected chi connectivity index (χ4v) is 5.81. The van der Waals surface area contributed by atoms with Gasteiger partial charge in [0, 0.05) is 38.3 Å². The van der Waals surface area contributed by atoms with Crippen molar-refractivity contribution in [3.05, 3.63) is 65.2 Å². The maximum atomic E-state index is 13.3. The summed E-state index contributed by atoms with van der Waals surface area (Å²) in [5, 5.41) is 24.4. The first-order chi connectivity index (χ1) is 15.3. The Labute approximate surface area is 184 Å². The standard InChI is InChI=1S/C21H23N4O6P/c26-19(16-6-1-2-7-17(16)20(27)28)22-18(21(29)30)13-14-4-3-5-15(12-14)23-32(31,24-8-9-24)25-10-11-25/h1-7,12,18H,8-11,13H2,(H,22,26)(H,23,31)(H,27,28)(H,29,30)/t18-/m1/s1. The number of carboxylic acid groups (broad SMARTS) is 2. The molecule has 0 aromatic heterocycles. The molecule has 0 bridgehead atoms. The van der Waals surface area contributed by atoms with Gasteiger partial charge in [-0.25, -0.2) is 18.9 Å². The molecule has 2 aromatic rings. The fourth-order valence-electron chi connectivity index (χ4n) is 3.43. The van der Waals surface area contributed by atoms with Crippen LogP contribution >= 0.6 is 7.59 Å². The Bertz CT molecular complexity index is 1100. The third-order valence-electron chi connectivity index (χ3n) is 5.26. The number of rotatable bonds is 10. The van der Waals surface area contributed by atoms with Crippen molar-refractivity contribution in [2.45, 2.75) is 12.5 Å². The van der Waals surface area contributed by atoms with E-state index in [4.69, 9.17) is 0 Å². The first kappa shape index (κ1) is 22.0. The molecule has 2 aliphatic heterocycles. The van der Waals surface area contributed by atoms with Gasteiger partial charge in [-0.2, -0.15) is 0 Å². The molecule has 2 aromatic carbocycles. The summed E-state index contributed by atoms with van der Waals surface area (Å²) < 4.78 is 17.0. The van der Waals surface area contributed by atoms with Crippen LogP contribution in [0.2, 0.25) is 0 Å². The molecular formula is C21H23N4O6P. The predicted molar refractivity (Wildman–Crippen MR) is 117 cm³/mol. The number of nitrogens with one attached hydrogen (secondary N) is 2. The molecular weight excluding hydrogens is 435 g/mol. The molecule has 0 saturated carbocycles. The normalized spacial score (nSPS) is 16.8.